The molecule has 0 unspecified atom stereocenters. The quantitative estimate of drug-likeness (QED) is 0.369. The summed E-state index contributed by atoms with van der Waals surface area (Å²) in [6.45, 7) is 4.39. The van der Waals surface area contributed by atoms with Gasteiger partial charge in [0.25, 0.3) is 0 Å². The number of carbonyl (C=O) groups is 1. The van der Waals surface area contributed by atoms with Crippen LogP contribution in [0, 0.1) is 5.92 Å². The van der Waals surface area contributed by atoms with Crippen LogP contribution in [0.4, 0.5) is 11.5 Å². The Balaban J connectivity index is 1.16. The average molecular weight is 463 g/mol. The zero-order valence-corrected chi connectivity index (χ0v) is 20.0. The Hall–Kier alpha value is -3.99. The molecule has 1 fully saturated rings. The minimum Gasteiger partial charge on any atom is -0.355 e. The van der Waals surface area contributed by atoms with Gasteiger partial charge in [0.1, 0.15) is 0 Å². The topological polar surface area (TPSA) is 58.1 Å². The van der Waals surface area contributed by atoms with Gasteiger partial charge in [-0.2, -0.15) is 0 Å². The molecule has 1 aromatic heterocycles. The number of hydrogen-bond donors (Lipinski definition) is 1. The van der Waals surface area contributed by atoms with Crippen LogP contribution in [0.1, 0.15) is 25.3 Å². The lowest BCUT2D eigenvalue weighted by Gasteiger charge is -2.30. The van der Waals surface area contributed by atoms with Gasteiger partial charge < -0.3 is 10.2 Å². The smallest absolute Gasteiger partial charge is 0.228 e. The molecule has 5 nitrogen and oxygen atoms in total. The lowest BCUT2D eigenvalue weighted by atomic mass is 9.99. The summed E-state index contributed by atoms with van der Waals surface area (Å²) in [7, 11) is 0. The van der Waals surface area contributed by atoms with Gasteiger partial charge >= 0.3 is 0 Å². The fourth-order valence-electron chi connectivity index (χ4n) is 4.45. The second kappa shape index (κ2) is 10.5. The summed E-state index contributed by atoms with van der Waals surface area (Å²) in [5.41, 5.74) is 5.88. The Bertz CT molecular complexity index is 1240. The average Bonchev–Trinajstić information content (AvgIpc) is 2.91. The van der Waals surface area contributed by atoms with Crippen molar-refractivity contribution < 1.29 is 4.79 Å². The summed E-state index contributed by atoms with van der Waals surface area (Å²) >= 11 is 0. The molecule has 1 N–H and O–H groups in total. The maximum absolute atomic E-state index is 12.6. The molecule has 0 spiro atoms. The van der Waals surface area contributed by atoms with Gasteiger partial charge in [-0.3, -0.25) is 4.79 Å². The van der Waals surface area contributed by atoms with E-state index < -0.39 is 0 Å². The van der Waals surface area contributed by atoms with E-state index in [-0.39, 0.29) is 5.91 Å². The SMILES string of the molecule is CC1CCN(c2ccc(-c3ccc(NC(=O)Cc4ccc(-c5ccccc5)cc4)cc3)nn2)CC1. The van der Waals surface area contributed by atoms with E-state index >= 15 is 0 Å². The Morgan fingerprint density at radius 3 is 2.11 bits per heavy atom. The molecule has 1 saturated heterocycles. The number of aromatic nitrogens is 2. The predicted molar refractivity (Wildman–Crippen MR) is 142 cm³/mol. The van der Waals surface area contributed by atoms with Gasteiger partial charge in [-0.1, -0.05) is 73.7 Å². The molecular formula is C30H30N4O. The summed E-state index contributed by atoms with van der Waals surface area (Å²) < 4.78 is 0. The van der Waals surface area contributed by atoms with Crippen LogP contribution in [-0.2, 0) is 11.2 Å². The van der Waals surface area contributed by atoms with Crippen molar-refractivity contribution in [2.45, 2.75) is 26.2 Å². The fourth-order valence-corrected chi connectivity index (χ4v) is 4.45. The standard InChI is InChI=1S/C30H30N4O/c1-22-17-19-34(20-18-22)29-16-15-28(32-33-29)26-11-13-27(14-12-26)31-30(35)21-23-7-9-25(10-8-23)24-5-3-2-4-6-24/h2-16,22H,17-21H2,1H3,(H,31,35). The van der Waals surface area contributed by atoms with E-state index in [9.17, 15) is 4.79 Å². The number of anilines is 2. The third-order valence-electron chi connectivity index (χ3n) is 6.65. The molecule has 1 aliphatic heterocycles. The summed E-state index contributed by atoms with van der Waals surface area (Å²) in [5.74, 6) is 1.70. The van der Waals surface area contributed by atoms with Crippen LogP contribution in [0.3, 0.4) is 0 Å². The van der Waals surface area contributed by atoms with Crippen LogP contribution in [0.15, 0.2) is 91.0 Å². The van der Waals surface area contributed by atoms with E-state index in [1.54, 1.807) is 0 Å². The summed E-state index contributed by atoms with van der Waals surface area (Å²) in [6.07, 6.45) is 2.74. The molecule has 5 heteroatoms. The van der Waals surface area contributed by atoms with Gasteiger partial charge in [0, 0.05) is 24.3 Å². The van der Waals surface area contributed by atoms with Crippen molar-refractivity contribution in [3.05, 3.63) is 96.6 Å². The Morgan fingerprint density at radius 2 is 1.46 bits per heavy atom. The Kier molecular flexibility index (Phi) is 6.85. The second-order valence-electron chi connectivity index (χ2n) is 9.31. The van der Waals surface area contributed by atoms with Crippen LogP contribution in [-0.4, -0.2) is 29.2 Å². The number of nitrogens with zero attached hydrogens (tertiary/aromatic N) is 3. The van der Waals surface area contributed by atoms with Gasteiger partial charge in [-0.15, -0.1) is 10.2 Å². The molecule has 1 aliphatic rings. The molecule has 3 aromatic carbocycles. The van der Waals surface area contributed by atoms with Crippen molar-refractivity contribution in [1.82, 2.24) is 10.2 Å². The van der Waals surface area contributed by atoms with Gasteiger partial charge in [0.2, 0.25) is 5.91 Å². The molecule has 35 heavy (non-hydrogen) atoms. The van der Waals surface area contributed by atoms with Crippen molar-refractivity contribution in [2.24, 2.45) is 5.92 Å². The zero-order valence-electron chi connectivity index (χ0n) is 20.0. The minimum atomic E-state index is -0.0368. The molecule has 1 amide bonds. The maximum atomic E-state index is 12.6. The van der Waals surface area contributed by atoms with E-state index in [4.69, 9.17) is 0 Å². The molecular weight excluding hydrogens is 432 g/mol. The monoisotopic (exact) mass is 462 g/mol. The minimum absolute atomic E-state index is 0.0368. The summed E-state index contributed by atoms with van der Waals surface area (Å²) in [6, 6.07) is 30.2. The van der Waals surface area contributed by atoms with Crippen molar-refractivity contribution in [2.75, 3.05) is 23.3 Å². The zero-order chi connectivity index (χ0) is 24.0. The Labute approximate surface area is 206 Å². The molecule has 176 valence electrons. The van der Waals surface area contributed by atoms with Crippen molar-refractivity contribution in [1.29, 1.82) is 0 Å². The highest BCUT2D eigenvalue weighted by Crippen LogP contribution is 2.24. The van der Waals surface area contributed by atoms with Gasteiger partial charge in [-0.05, 0) is 59.7 Å². The van der Waals surface area contributed by atoms with E-state index in [1.807, 2.05) is 60.7 Å². The second-order valence-corrected chi connectivity index (χ2v) is 9.31. The number of amides is 1. The van der Waals surface area contributed by atoms with E-state index in [2.05, 4.69) is 57.7 Å². The lowest BCUT2D eigenvalue weighted by molar-refractivity contribution is -0.115. The van der Waals surface area contributed by atoms with Gasteiger partial charge in [-0.25, -0.2) is 0 Å². The maximum Gasteiger partial charge on any atom is 0.228 e. The first-order valence-corrected chi connectivity index (χ1v) is 12.3. The molecule has 0 saturated carbocycles. The third kappa shape index (κ3) is 5.75. The van der Waals surface area contributed by atoms with Crippen molar-refractivity contribution in [3.63, 3.8) is 0 Å². The fraction of sp³-hybridized carbons (Fsp3) is 0.233. The molecule has 0 aliphatic carbocycles. The highest BCUT2D eigenvalue weighted by Gasteiger charge is 2.17. The lowest BCUT2D eigenvalue weighted by Crippen LogP contribution is -2.33. The van der Waals surface area contributed by atoms with Gasteiger partial charge in [0.05, 0.1) is 12.1 Å². The van der Waals surface area contributed by atoms with Crippen LogP contribution in [0.5, 0.6) is 0 Å². The first kappa shape index (κ1) is 22.8. The number of hydrogen-bond acceptors (Lipinski definition) is 4. The first-order chi connectivity index (χ1) is 17.1. The van der Waals surface area contributed by atoms with Crippen LogP contribution in [0.2, 0.25) is 0 Å². The number of rotatable bonds is 6. The molecule has 2 heterocycles. The third-order valence-corrected chi connectivity index (χ3v) is 6.65. The van der Waals surface area contributed by atoms with Gasteiger partial charge in [0.15, 0.2) is 5.82 Å². The van der Waals surface area contributed by atoms with Crippen LogP contribution in [0.25, 0.3) is 22.4 Å². The number of carbonyl (C=O) groups excluding carboxylic acids is 1. The summed E-state index contributed by atoms with van der Waals surface area (Å²) in [4.78, 5) is 14.9. The Morgan fingerprint density at radius 1 is 0.800 bits per heavy atom. The highest BCUT2D eigenvalue weighted by molar-refractivity contribution is 5.92. The number of nitrogens with one attached hydrogen (secondary N) is 1. The van der Waals surface area contributed by atoms with Crippen molar-refractivity contribution in [3.8, 4) is 22.4 Å². The molecule has 4 aromatic rings. The van der Waals surface area contributed by atoms with Crippen LogP contribution < -0.4 is 10.2 Å². The van der Waals surface area contributed by atoms with E-state index in [0.29, 0.717) is 6.42 Å². The van der Waals surface area contributed by atoms with Crippen molar-refractivity contribution >= 4 is 17.4 Å². The largest absolute Gasteiger partial charge is 0.355 e. The molecule has 0 atom stereocenters. The number of piperidine rings is 1. The highest BCUT2D eigenvalue weighted by atomic mass is 16.1. The van der Waals surface area contributed by atoms with Crippen LogP contribution >= 0.6 is 0 Å². The molecule has 0 bridgehead atoms. The predicted octanol–water partition coefficient (Wildman–Crippen LogP) is 6.23. The molecule has 5 rings (SSSR count). The number of benzene rings is 3. The molecule has 0 radical (unpaired) electrons. The summed E-state index contributed by atoms with van der Waals surface area (Å²) in [5, 5.41) is 11.9. The van der Waals surface area contributed by atoms with E-state index in [0.717, 1.165) is 52.9 Å². The first-order valence-electron chi connectivity index (χ1n) is 12.3. The normalized spacial score (nSPS) is 14.0. The van der Waals surface area contributed by atoms with E-state index in [1.165, 1.54) is 18.4 Å².